The van der Waals surface area contributed by atoms with Gasteiger partial charge in [0.1, 0.15) is 6.33 Å². The molecule has 0 aliphatic heterocycles. The molecule has 0 aliphatic carbocycles. The van der Waals surface area contributed by atoms with Crippen molar-refractivity contribution in [3.63, 3.8) is 0 Å². The molecule has 0 saturated carbocycles. The Labute approximate surface area is 64.4 Å². The lowest BCUT2D eigenvalue weighted by Gasteiger charge is -2.00. The minimum atomic E-state index is 0.267. The first-order valence-electron chi connectivity index (χ1n) is 3.22. The zero-order valence-corrected chi connectivity index (χ0v) is 6.44. The maximum Gasteiger partial charge on any atom is 0.322 e. The summed E-state index contributed by atoms with van der Waals surface area (Å²) in [6, 6.07) is 0.558. The van der Waals surface area contributed by atoms with Crippen LogP contribution in [0, 0.1) is 0 Å². The molecule has 5 heteroatoms. The minimum absolute atomic E-state index is 0.267. The molecule has 0 aliphatic rings. The van der Waals surface area contributed by atoms with Gasteiger partial charge in [-0.15, -0.1) is 4.98 Å². The fraction of sp³-hybridized carbons (Fsp3) is 0.500. The standard InChI is InChI=1S/C6H9N3O2/c1-3-11-6-8-4-7-5(9-6)10-2/h4H,3H2,1-2H3. The molecular formula is C6H9N3O2. The Bertz CT molecular complexity index is 229. The highest BCUT2D eigenvalue weighted by Crippen LogP contribution is 2.04. The highest BCUT2D eigenvalue weighted by molar-refractivity contribution is 4.98. The van der Waals surface area contributed by atoms with Crippen LogP contribution in [0.25, 0.3) is 0 Å². The highest BCUT2D eigenvalue weighted by atomic mass is 16.5. The van der Waals surface area contributed by atoms with Gasteiger partial charge in [0.15, 0.2) is 0 Å². The molecule has 0 amide bonds. The van der Waals surface area contributed by atoms with E-state index < -0.39 is 0 Å². The van der Waals surface area contributed by atoms with Crippen molar-refractivity contribution in [3.8, 4) is 12.0 Å². The minimum Gasteiger partial charge on any atom is -0.467 e. The average molecular weight is 155 g/mol. The Balaban J connectivity index is 2.74. The maximum absolute atomic E-state index is 5.01. The second-order valence-corrected chi connectivity index (χ2v) is 1.69. The molecule has 1 heterocycles. The van der Waals surface area contributed by atoms with Crippen molar-refractivity contribution >= 4 is 0 Å². The Hall–Kier alpha value is -1.39. The van der Waals surface area contributed by atoms with Crippen molar-refractivity contribution < 1.29 is 9.47 Å². The molecule has 0 saturated heterocycles. The van der Waals surface area contributed by atoms with Gasteiger partial charge in [-0.1, -0.05) is 0 Å². The van der Waals surface area contributed by atoms with E-state index in [0.717, 1.165) is 0 Å². The Morgan fingerprint density at radius 2 is 2.09 bits per heavy atom. The molecule has 0 radical (unpaired) electrons. The van der Waals surface area contributed by atoms with Gasteiger partial charge in [0, 0.05) is 0 Å². The Kier molecular flexibility index (Phi) is 2.59. The van der Waals surface area contributed by atoms with Crippen molar-refractivity contribution in [1.82, 2.24) is 15.0 Å². The molecule has 60 valence electrons. The molecule has 0 spiro atoms. The first-order chi connectivity index (χ1) is 5.36. The van der Waals surface area contributed by atoms with E-state index >= 15 is 0 Å². The molecule has 1 aromatic heterocycles. The molecule has 0 fully saturated rings. The smallest absolute Gasteiger partial charge is 0.322 e. The molecule has 11 heavy (non-hydrogen) atoms. The lowest BCUT2D eigenvalue weighted by Crippen LogP contribution is -2.00. The van der Waals surface area contributed by atoms with Gasteiger partial charge in [0.2, 0.25) is 0 Å². The van der Waals surface area contributed by atoms with E-state index in [-0.39, 0.29) is 6.01 Å². The maximum atomic E-state index is 5.01. The van der Waals surface area contributed by atoms with Crippen LogP contribution >= 0.6 is 0 Å². The fourth-order valence-electron chi connectivity index (χ4n) is 0.564. The van der Waals surface area contributed by atoms with Gasteiger partial charge in [-0.3, -0.25) is 0 Å². The van der Waals surface area contributed by atoms with Crippen LogP contribution in [-0.4, -0.2) is 28.7 Å². The van der Waals surface area contributed by atoms with Gasteiger partial charge >= 0.3 is 12.0 Å². The van der Waals surface area contributed by atoms with Crippen LogP contribution < -0.4 is 9.47 Å². The van der Waals surface area contributed by atoms with Gasteiger partial charge < -0.3 is 9.47 Å². The first kappa shape index (κ1) is 7.71. The molecule has 5 nitrogen and oxygen atoms in total. The van der Waals surface area contributed by atoms with Crippen LogP contribution in [0.4, 0.5) is 0 Å². The van der Waals surface area contributed by atoms with Crippen LogP contribution in [-0.2, 0) is 0 Å². The lowest BCUT2D eigenvalue weighted by atomic mass is 10.8. The zero-order chi connectivity index (χ0) is 8.10. The van der Waals surface area contributed by atoms with E-state index in [4.69, 9.17) is 9.47 Å². The highest BCUT2D eigenvalue weighted by Gasteiger charge is 1.98. The number of rotatable bonds is 3. The summed E-state index contributed by atoms with van der Waals surface area (Å²) in [4.78, 5) is 11.3. The van der Waals surface area contributed by atoms with Gasteiger partial charge in [-0.2, -0.15) is 9.97 Å². The number of methoxy groups -OCH3 is 1. The van der Waals surface area contributed by atoms with Crippen molar-refractivity contribution in [2.45, 2.75) is 6.92 Å². The Morgan fingerprint density at radius 1 is 1.36 bits per heavy atom. The predicted molar refractivity (Wildman–Crippen MR) is 37.5 cm³/mol. The van der Waals surface area contributed by atoms with Crippen LogP contribution in [0.5, 0.6) is 12.0 Å². The van der Waals surface area contributed by atoms with Crippen molar-refractivity contribution in [2.75, 3.05) is 13.7 Å². The number of nitrogens with zero attached hydrogens (tertiary/aromatic N) is 3. The molecule has 0 unspecified atom stereocenters. The summed E-state index contributed by atoms with van der Waals surface area (Å²) < 4.78 is 9.77. The monoisotopic (exact) mass is 155 g/mol. The number of ether oxygens (including phenoxy) is 2. The summed E-state index contributed by atoms with van der Waals surface area (Å²) in [5.74, 6) is 0. The number of hydrogen-bond acceptors (Lipinski definition) is 5. The molecule has 0 atom stereocenters. The van der Waals surface area contributed by atoms with Crippen LogP contribution in [0.3, 0.4) is 0 Å². The van der Waals surface area contributed by atoms with E-state index in [0.29, 0.717) is 12.6 Å². The average Bonchev–Trinajstić information content (AvgIpc) is 2.06. The SMILES string of the molecule is CCOc1ncnc(OC)n1. The van der Waals surface area contributed by atoms with E-state index in [1.54, 1.807) is 0 Å². The lowest BCUT2D eigenvalue weighted by molar-refractivity contribution is 0.297. The number of aromatic nitrogens is 3. The van der Waals surface area contributed by atoms with Crippen LogP contribution in [0.15, 0.2) is 6.33 Å². The summed E-state index contributed by atoms with van der Waals surface area (Å²) in [6.07, 6.45) is 1.34. The second-order valence-electron chi connectivity index (χ2n) is 1.69. The van der Waals surface area contributed by atoms with Crippen LogP contribution in [0.2, 0.25) is 0 Å². The molecule has 0 N–H and O–H groups in total. The molecular weight excluding hydrogens is 146 g/mol. The zero-order valence-electron chi connectivity index (χ0n) is 6.44. The topological polar surface area (TPSA) is 57.1 Å². The van der Waals surface area contributed by atoms with Crippen molar-refractivity contribution in [3.05, 3.63) is 6.33 Å². The summed E-state index contributed by atoms with van der Waals surface area (Å²) in [6.45, 7) is 2.39. The molecule has 0 bridgehead atoms. The van der Waals surface area contributed by atoms with E-state index in [1.807, 2.05) is 6.92 Å². The quantitative estimate of drug-likeness (QED) is 0.627. The fourth-order valence-corrected chi connectivity index (χ4v) is 0.564. The Morgan fingerprint density at radius 3 is 2.73 bits per heavy atom. The molecule has 1 aromatic rings. The van der Waals surface area contributed by atoms with Gasteiger partial charge in [-0.25, -0.2) is 0 Å². The van der Waals surface area contributed by atoms with Gasteiger partial charge in [0.05, 0.1) is 13.7 Å². The summed E-state index contributed by atoms with van der Waals surface area (Å²) >= 11 is 0. The van der Waals surface area contributed by atoms with Crippen molar-refractivity contribution in [1.29, 1.82) is 0 Å². The molecule has 0 aromatic carbocycles. The second kappa shape index (κ2) is 3.70. The predicted octanol–water partition coefficient (Wildman–Crippen LogP) is 0.279. The first-order valence-corrected chi connectivity index (χ1v) is 3.22. The van der Waals surface area contributed by atoms with Gasteiger partial charge in [0.25, 0.3) is 0 Å². The third kappa shape index (κ3) is 2.03. The third-order valence-electron chi connectivity index (χ3n) is 0.984. The summed E-state index contributed by atoms with van der Waals surface area (Å²) in [7, 11) is 1.49. The third-order valence-corrected chi connectivity index (χ3v) is 0.984. The number of hydrogen-bond donors (Lipinski definition) is 0. The van der Waals surface area contributed by atoms with E-state index in [9.17, 15) is 0 Å². The largest absolute Gasteiger partial charge is 0.467 e. The van der Waals surface area contributed by atoms with Gasteiger partial charge in [-0.05, 0) is 6.92 Å². The van der Waals surface area contributed by atoms with Crippen LogP contribution in [0.1, 0.15) is 6.92 Å². The van der Waals surface area contributed by atoms with E-state index in [1.165, 1.54) is 13.4 Å². The summed E-state index contributed by atoms with van der Waals surface area (Å²) in [5, 5.41) is 0. The normalized spacial score (nSPS) is 9.27. The molecule has 1 rings (SSSR count). The summed E-state index contributed by atoms with van der Waals surface area (Å²) in [5.41, 5.74) is 0. The van der Waals surface area contributed by atoms with E-state index in [2.05, 4.69) is 15.0 Å². The van der Waals surface area contributed by atoms with Crippen molar-refractivity contribution in [2.24, 2.45) is 0 Å².